The van der Waals surface area contributed by atoms with E-state index in [-0.39, 0.29) is 18.3 Å². The van der Waals surface area contributed by atoms with Gasteiger partial charge in [0.25, 0.3) is 5.91 Å². The first-order valence-electron chi connectivity index (χ1n) is 8.28. The Morgan fingerprint density at radius 2 is 1.42 bits per heavy atom. The number of hydrogen-bond acceptors (Lipinski definition) is 3. The molecule has 1 amide bonds. The predicted octanol–water partition coefficient (Wildman–Crippen LogP) is 4.32. The maximum Gasteiger partial charge on any atom is 0.309 e. The van der Waals surface area contributed by atoms with Crippen LogP contribution in [0.15, 0.2) is 78.9 Å². The van der Waals surface area contributed by atoms with Gasteiger partial charge in [0, 0.05) is 11.3 Å². The second kappa shape index (κ2) is 8.12. The van der Waals surface area contributed by atoms with Crippen LogP contribution in [0.4, 0.5) is 5.69 Å². The van der Waals surface area contributed by atoms with Gasteiger partial charge < -0.3 is 10.1 Å². The molecule has 0 fully saturated rings. The van der Waals surface area contributed by atoms with E-state index in [1.807, 2.05) is 54.6 Å². The van der Waals surface area contributed by atoms with E-state index >= 15 is 0 Å². The molecule has 0 aliphatic carbocycles. The molecule has 3 aromatic carbocycles. The smallest absolute Gasteiger partial charge is 0.309 e. The molecule has 0 heterocycles. The van der Waals surface area contributed by atoms with Gasteiger partial charge in [-0.1, -0.05) is 54.6 Å². The van der Waals surface area contributed by atoms with Crippen LogP contribution in [0.2, 0.25) is 0 Å². The molecule has 26 heavy (non-hydrogen) atoms. The number of ether oxygens (including phenoxy) is 1. The molecule has 0 aliphatic heterocycles. The Labute approximate surface area is 152 Å². The lowest BCUT2D eigenvalue weighted by molar-refractivity contribution is -0.139. The highest BCUT2D eigenvalue weighted by Crippen LogP contribution is 2.20. The van der Waals surface area contributed by atoms with Crippen molar-refractivity contribution in [3.8, 4) is 11.1 Å². The molecule has 4 nitrogen and oxygen atoms in total. The maximum absolute atomic E-state index is 12.4. The Bertz CT molecular complexity index is 885. The molecule has 4 heteroatoms. The third-order valence-corrected chi connectivity index (χ3v) is 4.04. The topological polar surface area (TPSA) is 55.4 Å². The largest absolute Gasteiger partial charge is 0.469 e. The van der Waals surface area contributed by atoms with Crippen molar-refractivity contribution in [3.63, 3.8) is 0 Å². The molecule has 0 spiro atoms. The lowest BCUT2D eigenvalue weighted by atomic mass is 10.0. The van der Waals surface area contributed by atoms with Gasteiger partial charge in [-0.05, 0) is 41.0 Å². The van der Waals surface area contributed by atoms with Crippen LogP contribution in [0.1, 0.15) is 15.9 Å². The van der Waals surface area contributed by atoms with E-state index in [1.54, 1.807) is 24.3 Å². The molecule has 0 aromatic heterocycles. The molecule has 0 unspecified atom stereocenters. The number of rotatable bonds is 5. The van der Waals surface area contributed by atoms with Crippen molar-refractivity contribution in [2.75, 3.05) is 12.4 Å². The maximum atomic E-state index is 12.4. The Morgan fingerprint density at radius 1 is 0.808 bits per heavy atom. The average molecular weight is 345 g/mol. The minimum atomic E-state index is -0.291. The van der Waals surface area contributed by atoms with E-state index in [9.17, 15) is 9.59 Å². The standard InChI is InChI=1S/C22H19NO3/c1-26-21(24)15-16-7-13-20(14-8-16)23-22(25)19-11-9-18(10-12-19)17-5-3-2-4-6-17/h2-14H,15H2,1H3,(H,23,25). The second-order valence-electron chi connectivity index (χ2n) is 5.85. The van der Waals surface area contributed by atoms with Gasteiger partial charge in [0.15, 0.2) is 0 Å². The molecule has 0 bridgehead atoms. The van der Waals surface area contributed by atoms with E-state index in [4.69, 9.17) is 0 Å². The first-order chi connectivity index (χ1) is 12.7. The molecule has 0 radical (unpaired) electrons. The quantitative estimate of drug-likeness (QED) is 0.701. The minimum Gasteiger partial charge on any atom is -0.469 e. The summed E-state index contributed by atoms with van der Waals surface area (Å²) >= 11 is 0. The van der Waals surface area contributed by atoms with Crippen LogP contribution in [0, 0.1) is 0 Å². The van der Waals surface area contributed by atoms with Gasteiger partial charge >= 0.3 is 5.97 Å². The Morgan fingerprint density at radius 3 is 2.04 bits per heavy atom. The lowest BCUT2D eigenvalue weighted by Crippen LogP contribution is -2.12. The highest BCUT2D eigenvalue weighted by molar-refractivity contribution is 6.04. The van der Waals surface area contributed by atoms with Crippen LogP contribution >= 0.6 is 0 Å². The van der Waals surface area contributed by atoms with Crippen molar-refractivity contribution in [2.45, 2.75) is 6.42 Å². The monoisotopic (exact) mass is 345 g/mol. The van der Waals surface area contributed by atoms with Gasteiger partial charge in [-0.15, -0.1) is 0 Å². The third-order valence-electron chi connectivity index (χ3n) is 4.04. The summed E-state index contributed by atoms with van der Waals surface area (Å²) in [6.07, 6.45) is 0.214. The molecule has 1 N–H and O–H groups in total. The molecule has 0 saturated heterocycles. The first-order valence-corrected chi connectivity index (χ1v) is 8.28. The Kier molecular flexibility index (Phi) is 5.44. The molecule has 0 aliphatic rings. The van der Waals surface area contributed by atoms with Gasteiger partial charge in [0.1, 0.15) is 0 Å². The zero-order valence-electron chi connectivity index (χ0n) is 14.4. The number of anilines is 1. The summed E-state index contributed by atoms with van der Waals surface area (Å²) in [5.41, 5.74) is 4.27. The fourth-order valence-electron chi connectivity index (χ4n) is 2.59. The minimum absolute atomic E-state index is 0.176. The highest BCUT2D eigenvalue weighted by Gasteiger charge is 2.08. The number of amides is 1. The fourth-order valence-corrected chi connectivity index (χ4v) is 2.59. The Hall–Kier alpha value is -3.40. The van der Waals surface area contributed by atoms with Crippen molar-refractivity contribution >= 4 is 17.6 Å². The average Bonchev–Trinajstić information content (AvgIpc) is 2.70. The van der Waals surface area contributed by atoms with Gasteiger partial charge in [0.2, 0.25) is 0 Å². The van der Waals surface area contributed by atoms with Crippen LogP contribution < -0.4 is 5.32 Å². The molecule has 3 aromatic rings. The zero-order valence-corrected chi connectivity index (χ0v) is 14.4. The first kappa shape index (κ1) is 17.4. The zero-order chi connectivity index (χ0) is 18.4. The van der Waals surface area contributed by atoms with Gasteiger partial charge in [0.05, 0.1) is 13.5 Å². The molecule has 3 rings (SSSR count). The third kappa shape index (κ3) is 4.36. The number of nitrogens with one attached hydrogen (secondary N) is 1. The lowest BCUT2D eigenvalue weighted by Gasteiger charge is -2.07. The summed E-state index contributed by atoms with van der Waals surface area (Å²) in [6, 6.07) is 24.6. The highest BCUT2D eigenvalue weighted by atomic mass is 16.5. The van der Waals surface area contributed by atoms with Crippen LogP contribution in [0.25, 0.3) is 11.1 Å². The summed E-state index contributed by atoms with van der Waals surface area (Å²) in [5, 5.41) is 2.86. The number of methoxy groups -OCH3 is 1. The normalized spacial score (nSPS) is 10.2. The summed E-state index contributed by atoms with van der Waals surface area (Å²) in [5.74, 6) is -0.467. The summed E-state index contributed by atoms with van der Waals surface area (Å²) < 4.78 is 4.64. The Balaban J connectivity index is 1.65. The van der Waals surface area contributed by atoms with E-state index in [2.05, 4.69) is 10.1 Å². The second-order valence-corrected chi connectivity index (χ2v) is 5.85. The van der Waals surface area contributed by atoms with Gasteiger partial charge in [-0.2, -0.15) is 0 Å². The number of hydrogen-bond donors (Lipinski definition) is 1. The molecule has 0 saturated carbocycles. The van der Waals surface area contributed by atoms with Crippen molar-refractivity contribution in [3.05, 3.63) is 90.0 Å². The molecular formula is C22H19NO3. The van der Waals surface area contributed by atoms with E-state index in [0.29, 0.717) is 11.3 Å². The van der Waals surface area contributed by atoms with Crippen molar-refractivity contribution in [2.24, 2.45) is 0 Å². The van der Waals surface area contributed by atoms with E-state index in [1.165, 1.54) is 7.11 Å². The molecule has 130 valence electrons. The number of esters is 1. The van der Waals surface area contributed by atoms with Crippen molar-refractivity contribution in [1.29, 1.82) is 0 Å². The van der Waals surface area contributed by atoms with Crippen molar-refractivity contribution in [1.82, 2.24) is 0 Å². The number of carbonyl (C=O) groups is 2. The predicted molar refractivity (Wildman–Crippen MR) is 102 cm³/mol. The number of carbonyl (C=O) groups excluding carboxylic acids is 2. The number of benzene rings is 3. The van der Waals surface area contributed by atoms with Crippen LogP contribution in [0.3, 0.4) is 0 Å². The summed E-state index contributed by atoms with van der Waals surface area (Å²) in [7, 11) is 1.36. The van der Waals surface area contributed by atoms with Crippen LogP contribution in [0.5, 0.6) is 0 Å². The van der Waals surface area contributed by atoms with Crippen LogP contribution in [-0.2, 0) is 16.0 Å². The summed E-state index contributed by atoms with van der Waals surface area (Å²) in [6.45, 7) is 0. The van der Waals surface area contributed by atoms with E-state index in [0.717, 1.165) is 16.7 Å². The summed E-state index contributed by atoms with van der Waals surface area (Å²) in [4.78, 5) is 23.7. The van der Waals surface area contributed by atoms with Crippen LogP contribution in [-0.4, -0.2) is 19.0 Å². The molecular weight excluding hydrogens is 326 g/mol. The van der Waals surface area contributed by atoms with Gasteiger partial charge in [-0.3, -0.25) is 9.59 Å². The van der Waals surface area contributed by atoms with E-state index < -0.39 is 0 Å². The van der Waals surface area contributed by atoms with Gasteiger partial charge in [-0.25, -0.2) is 0 Å². The van der Waals surface area contributed by atoms with Crippen molar-refractivity contribution < 1.29 is 14.3 Å². The fraction of sp³-hybridized carbons (Fsp3) is 0.0909. The SMILES string of the molecule is COC(=O)Cc1ccc(NC(=O)c2ccc(-c3ccccc3)cc2)cc1. The molecule has 0 atom stereocenters.